The van der Waals surface area contributed by atoms with Gasteiger partial charge in [0.05, 0.1) is 48.8 Å². The maximum absolute atomic E-state index is 12.7. The largest absolute Gasteiger partial charge is 0.778 e. The van der Waals surface area contributed by atoms with Crippen LogP contribution in [0.25, 0.3) is 6.08 Å². The number of para-hydroxylation sites is 1. The van der Waals surface area contributed by atoms with E-state index in [1.165, 1.54) is 23.1 Å². The van der Waals surface area contributed by atoms with Crippen molar-refractivity contribution in [3.63, 3.8) is 0 Å². The van der Waals surface area contributed by atoms with Gasteiger partial charge in [0.2, 0.25) is 0 Å². The van der Waals surface area contributed by atoms with Crippen molar-refractivity contribution in [2.75, 3.05) is 48.8 Å². The van der Waals surface area contributed by atoms with Crippen LogP contribution in [0.4, 0.5) is 17.1 Å². The highest BCUT2D eigenvalue weighted by Crippen LogP contribution is 2.39. The number of aliphatic carboxylic acids is 1. The molecule has 16 nitrogen and oxygen atoms in total. The molecule has 0 fully saturated rings. The lowest BCUT2D eigenvalue weighted by Crippen LogP contribution is -2.31. The average Bonchev–Trinajstić information content (AvgIpc) is 3.40. The number of nitrogens with one attached hydrogen (secondary N) is 1. The second-order valence-electron chi connectivity index (χ2n) is 12.4. The van der Waals surface area contributed by atoms with E-state index >= 15 is 0 Å². The zero-order valence-corrected chi connectivity index (χ0v) is 35.7. The molecule has 3 aromatic carbocycles. The average molecular weight is 904 g/mol. The van der Waals surface area contributed by atoms with E-state index < -0.39 is 37.3 Å². The molecular formula is C37H42Cl3N4O12PS. The third-order valence-electron chi connectivity index (χ3n) is 7.26. The Labute approximate surface area is 352 Å². The number of nitrogen functional groups attached to an aromatic ring is 1. The van der Waals surface area contributed by atoms with Gasteiger partial charge in [-0.3, -0.25) is 29.8 Å². The highest BCUT2D eigenvalue weighted by Gasteiger charge is 2.39. The molecule has 2 amide bonds. The van der Waals surface area contributed by atoms with E-state index in [1.807, 2.05) is 11.4 Å². The van der Waals surface area contributed by atoms with Crippen LogP contribution in [0.5, 0.6) is 11.5 Å². The van der Waals surface area contributed by atoms with Crippen LogP contribution in [0, 0.1) is 10.1 Å². The molecule has 1 heterocycles. The van der Waals surface area contributed by atoms with Crippen LogP contribution in [0.2, 0.25) is 10.0 Å². The highest BCUT2D eigenvalue weighted by atomic mass is 35.5. The lowest BCUT2D eigenvalue weighted by atomic mass is 9.93. The van der Waals surface area contributed by atoms with E-state index in [9.17, 15) is 38.8 Å². The first kappa shape index (κ1) is 49.7. The van der Waals surface area contributed by atoms with Gasteiger partial charge in [-0.1, -0.05) is 53.0 Å². The maximum Gasteiger partial charge on any atom is 0.349 e. The van der Waals surface area contributed by atoms with Crippen molar-refractivity contribution in [2.45, 2.75) is 32.6 Å². The number of esters is 1. The SMILES string of the molecule is CCOC(=O)/C(Cl)=C/c1cc(N2C(=O)C3=C(CCCC3)C2=O)ccc1Cl.C[S+](C)C.Nc1c([N+](=O)[O-])ccc(Oc2ccccc2)c1Cl.O=C(O)CNCP(=O)([O-])O. The number of carboxylic acids is 1. The van der Waals surface area contributed by atoms with Crippen molar-refractivity contribution >= 4 is 100 Å². The Morgan fingerprint density at radius 2 is 1.60 bits per heavy atom. The third-order valence-corrected chi connectivity index (χ3v) is 8.88. The summed E-state index contributed by atoms with van der Waals surface area (Å²) in [6.07, 6.45) is 10.3. The number of anilines is 2. The number of carboxylic acid groups (broad SMARTS) is 1. The van der Waals surface area contributed by atoms with Gasteiger partial charge in [0.15, 0.2) is 0 Å². The number of nitro groups is 1. The molecule has 0 saturated heterocycles. The molecule has 2 aliphatic rings. The Morgan fingerprint density at radius 1 is 1.03 bits per heavy atom. The lowest BCUT2D eigenvalue weighted by molar-refractivity contribution is -0.383. The van der Waals surface area contributed by atoms with Crippen LogP contribution < -0.4 is 25.6 Å². The predicted octanol–water partition coefficient (Wildman–Crippen LogP) is 6.51. The lowest BCUT2D eigenvalue weighted by Gasteiger charge is -2.16. The number of ether oxygens (including phenoxy) is 2. The monoisotopic (exact) mass is 902 g/mol. The molecule has 1 aliphatic heterocycles. The Balaban J connectivity index is 0.000000313. The number of hydrogen-bond donors (Lipinski definition) is 4. The van der Waals surface area contributed by atoms with Gasteiger partial charge in [0, 0.05) is 22.2 Å². The minimum atomic E-state index is -4.35. The van der Waals surface area contributed by atoms with Crippen molar-refractivity contribution in [1.29, 1.82) is 0 Å². The first-order chi connectivity index (χ1) is 27.2. The molecule has 1 atom stereocenters. The molecular weight excluding hydrogens is 862 g/mol. The maximum atomic E-state index is 12.7. The summed E-state index contributed by atoms with van der Waals surface area (Å²) in [6.45, 7) is 1.40. The second kappa shape index (κ2) is 23.8. The van der Waals surface area contributed by atoms with Gasteiger partial charge in [-0.2, -0.15) is 0 Å². The van der Waals surface area contributed by atoms with Crippen molar-refractivity contribution in [2.24, 2.45) is 0 Å². The van der Waals surface area contributed by atoms with Crippen molar-refractivity contribution in [1.82, 2.24) is 5.32 Å². The van der Waals surface area contributed by atoms with E-state index in [0.717, 1.165) is 12.8 Å². The molecule has 5 rings (SSSR count). The highest BCUT2D eigenvalue weighted by molar-refractivity contribution is 7.94. The van der Waals surface area contributed by atoms with Gasteiger partial charge < -0.3 is 34.7 Å². The van der Waals surface area contributed by atoms with E-state index in [-0.39, 0.29) is 45.6 Å². The number of rotatable bonds is 11. The molecule has 1 aliphatic carbocycles. The summed E-state index contributed by atoms with van der Waals surface area (Å²) in [6, 6.07) is 16.4. The summed E-state index contributed by atoms with van der Waals surface area (Å²) < 4.78 is 20.3. The smallest absolute Gasteiger partial charge is 0.349 e. The first-order valence-corrected chi connectivity index (χ1v) is 22.4. The standard InChI is InChI=1S/C19H17Cl2NO4.C12H9ClN2O3.C3H8NO5P.C3H9S/c1-2-26-19(25)16(21)10-11-9-12(7-8-15(11)20)22-17(23)13-5-3-4-6-14(13)18(22)24;13-11-10(18-8-4-2-1-3-5-8)7-6-9(12(11)14)15(16)17;5-3(6)1-4-2-10(7,8)9;1-4(2)3/h7-10H,2-6H2,1H3;1-7H,14H2;4H,1-2H2,(H,5,6)(H2,7,8,9);1-3H3/q;;;+1/p-1/b16-10-;;;. The first-order valence-electron chi connectivity index (χ1n) is 17.0. The van der Waals surface area contributed by atoms with Crippen LogP contribution in [0.3, 0.4) is 0 Å². The Kier molecular flexibility index (Phi) is 20.4. The van der Waals surface area contributed by atoms with Gasteiger partial charge >= 0.3 is 11.9 Å². The fourth-order valence-corrected chi connectivity index (χ4v) is 5.81. The van der Waals surface area contributed by atoms with E-state index in [1.54, 1.807) is 49.4 Å². The van der Waals surface area contributed by atoms with Gasteiger partial charge in [-0.25, -0.2) is 9.69 Å². The summed E-state index contributed by atoms with van der Waals surface area (Å²) >= 11 is 18.1. The van der Waals surface area contributed by atoms with E-state index in [2.05, 4.69) is 18.8 Å². The number of amides is 2. The number of carbonyl (C=O) groups is 4. The summed E-state index contributed by atoms with van der Waals surface area (Å²) in [4.78, 5) is 76.0. The molecule has 314 valence electrons. The van der Waals surface area contributed by atoms with Gasteiger partial charge in [-0.15, -0.1) is 0 Å². The molecule has 0 bridgehead atoms. The summed E-state index contributed by atoms with van der Waals surface area (Å²) in [7, 11) is -3.71. The van der Waals surface area contributed by atoms with Crippen molar-refractivity contribution in [3.8, 4) is 11.5 Å². The van der Waals surface area contributed by atoms with Crippen LogP contribution in [0.1, 0.15) is 38.2 Å². The van der Waals surface area contributed by atoms with Crippen LogP contribution >= 0.6 is 42.4 Å². The van der Waals surface area contributed by atoms with Crippen LogP contribution in [0.15, 0.2) is 76.8 Å². The predicted molar refractivity (Wildman–Crippen MR) is 224 cm³/mol. The zero-order chi connectivity index (χ0) is 43.7. The number of halogens is 3. The van der Waals surface area contributed by atoms with Crippen LogP contribution in [-0.4, -0.2) is 76.9 Å². The topological polar surface area (TPSA) is 252 Å². The fraction of sp³-hybridized carbons (Fsp3) is 0.297. The normalized spacial score (nSPS) is 14.4. The molecule has 0 aromatic heterocycles. The number of benzene rings is 3. The molecule has 0 saturated carbocycles. The molecule has 3 aromatic rings. The summed E-state index contributed by atoms with van der Waals surface area (Å²) in [5.74, 6) is -1.54. The van der Waals surface area contributed by atoms with Crippen molar-refractivity contribution in [3.05, 3.63) is 103 Å². The molecule has 1 unspecified atom stereocenters. The Morgan fingerprint density at radius 3 is 2.10 bits per heavy atom. The Bertz CT molecular complexity index is 2050. The quantitative estimate of drug-likeness (QED) is 0.0234. The minimum absolute atomic E-state index is 0.0352. The van der Waals surface area contributed by atoms with Gasteiger partial charge in [0.1, 0.15) is 34.8 Å². The molecule has 0 spiro atoms. The van der Waals surface area contributed by atoms with E-state index in [0.29, 0.717) is 56.9 Å². The number of nitrogens with two attached hydrogens (primary N) is 1. The van der Waals surface area contributed by atoms with Gasteiger partial charge in [-0.05, 0) is 91.5 Å². The minimum Gasteiger partial charge on any atom is -0.778 e. The van der Waals surface area contributed by atoms with Crippen molar-refractivity contribution < 1.29 is 53.0 Å². The summed E-state index contributed by atoms with van der Waals surface area (Å²) in [5.41, 5.74) is 7.29. The van der Waals surface area contributed by atoms with Crippen LogP contribution in [-0.2, 0) is 39.4 Å². The molecule has 0 radical (unpaired) electrons. The number of nitro benzene ring substituents is 1. The van der Waals surface area contributed by atoms with Gasteiger partial charge in [0.25, 0.3) is 17.5 Å². The number of imide groups is 1. The number of hydrogen-bond acceptors (Lipinski definition) is 12. The number of carbonyl (C=O) groups excluding carboxylic acids is 3. The third kappa shape index (κ3) is 16.1. The molecule has 58 heavy (non-hydrogen) atoms. The zero-order valence-electron chi connectivity index (χ0n) is 31.7. The Hall–Kier alpha value is -4.45. The number of nitrogens with zero attached hydrogens (tertiary/aromatic N) is 2. The summed E-state index contributed by atoms with van der Waals surface area (Å²) in [5, 5.41) is 20.9. The molecule has 21 heteroatoms. The second-order valence-corrected chi connectivity index (χ2v) is 17.6. The molecule has 5 N–H and O–H groups in total. The fourth-order valence-electron chi connectivity index (χ4n) is 4.87. The van der Waals surface area contributed by atoms with E-state index in [4.69, 9.17) is 60.0 Å².